The fourth-order valence-electron chi connectivity index (χ4n) is 3.16. The molecule has 1 N–H and O–H groups in total. The van der Waals surface area contributed by atoms with Crippen LogP contribution in [0.25, 0.3) is 11.4 Å². The molecule has 138 valence electrons. The lowest BCUT2D eigenvalue weighted by atomic mass is 9.90. The van der Waals surface area contributed by atoms with Gasteiger partial charge in [-0.3, -0.25) is 9.78 Å². The Labute approximate surface area is 152 Å². The predicted molar refractivity (Wildman–Crippen MR) is 90.8 cm³/mol. The Hall–Kier alpha value is -3.23. The van der Waals surface area contributed by atoms with Gasteiger partial charge in [-0.2, -0.15) is 18.3 Å². The number of anilines is 1. The highest BCUT2D eigenvalue weighted by atomic mass is 19.4. The van der Waals surface area contributed by atoms with E-state index in [9.17, 15) is 18.0 Å². The molecule has 3 aromatic rings. The number of rotatable bonds is 3. The summed E-state index contributed by atoms with van der Waals surface area (Å²) < 4.78 is 40.1. The summed E-state index contributed by atoms with van der Waals surface area (Å²) >= 11 is 0. The number of pyridine rings is 1. The van der Waals surface area contributed by atoms with Crippen LogP contribution >= 0.6 is 0 Å². The van der Waals surface area contributed by atoms with Crippen molar-refractivity contribution in [2.75, 3.05) is 5.32 Å². The van der Waals surface area contributed by atoms with Crippen LogP contribution in [0.2, 0.25) is 0 Å². The molecule has 0 bridgehead atoms. The molecule has 6 nitrogen and oxygen atoms in total. The van der Waals surface area contributed by atoms with Gasteiger partial charge in [-0.15, -0.1) is 0 Å². The van der Waals surface area contributed by atoms with Crippen LogP contribution < -0.4 is 5.32 Å². The Kier molecular flexibility index (Phi) is 4.14. The van der Waals surface area contributed by atoms with Gasteiger partial charge in [0.05, 0.1) is 5.92 Å². The van der Waals surface area contributed by atoms with Gasteiger partial charge in [-0.25, -0.2) is 9.67 Å². The van der Waals surface area contributed by atoms with Crippen molar-refractivity contribution in [2.24, 2.45) is 0 Å². The zero-order chi connectivity index (χ0) is 19.0. The minimum atomic E-state index is -4.47. The fourth-order valence-corrected chi connectivity index (χ4v) is 3.16. The molecule has 0 radical (unpaired) electrons. The van der Waals surface area contributed by atoms with E-state index < -0.39 is 18.6 Å². The van der Waals surface area contributed by atoms with Crippen LogP contribution in [0.3, 0.4) is 0 Å². The highest BCUT2D eigenvalue weighted by Gasteiger charge is 2.35. The number of amides is 1. The summed E-state index contributed by atoms with van der Waals surface area (Å²) in [6, 6.07) is 10.3. The van der Waals surface area contributed by atoms with Crippen molar-refractivity contribution in [1.82, 2.24) is 19.7 Å². The molecule has 0 spiro atoms. The van der Waals surface area contributed by atoms with Gasteiger partial charge in [0.2, 0.25) is 5.91 Å². The van der Waals surface area contributed by atoms with Gasteiger partial charge in [0.25, 0.3) is 0 Å². The van der Waals surface area contributed by atoms with Crippen molar-refractivity contribution in [2.45, 2.75) is 25.1 Å². The Morgan fingerprint density at radius 3 is 2.74 bits per heavy atom. The molecule has 1 aliphatic rings. The number of para-hydroxylation sites is 1. The van der Waals surface area contributed by atoms with E-state index in [1.807, 2.05) is 0 Å². The molecule has 2 aromatic heterocycles. The van der Waals surface area contributed by atoms with Gasteiger partial charge in [-0.05, 0) is 23.8 Å². The van der Waals surface area contributed by atoms with Gasteiger partial charge in [0.15, 0.2) is 5.82 Å². The molecular weight excluding hydrogens is 359 g/mol. The normalized spacial score (nSPS) is 16.7. The number of carbonyl (C=O) groups is 1. The van der Waals surface area contributed by atoms with Gasteiger partial charge in [-0.1, -0.05) is 18.2 Å². The maximum Gasteiger partial charge on any atom is 0.408 e. The number of fused-ring (bicyclic) bond motifs is 1. The Morgan fingerprint density at radius 1 is 1.19 bits per heavy atom. The number of hydrogen-bond acceptors (Lipinski definition) is 4. The van der Waals surface area contributed by atoms with Gasteiger partial charge in [0, 0.05) is 30.1 Å². The minimum absolute atomic E-state index is 0.0000431. The number of alkyl halides is 3. The highest BCUT2D eigenvalue weighted by Crippen LogP contribution is 2.37. The quantitative estimate of drug-likeness (QED) is 0.764. The molecule has 27 heavy (non-hydrogen) atoms. The molecule has 0 aliphatic carbocycles. The van der Waals surface area contributed by atoms with Crippen LogP contribution in [0.1, 0.15) is 23.7 Å². The van der Waals surface area contributed by atoms with Crippen LogP contribution in [-0.2, 0) is 11.3 Å². The maximum absolute atomic E-state index is 13.1. The van der Waals surface area contributed by atoms with Crippen molar-refractivity contribution in [3.05, 3.63) is 60.2 Å². The molecule has 1 aromatic carbocycles. The van der Waals surface area contributed by atoms with E-state index in [0.717, 1.165) is 4.68 Å². The molecule has 0 saturated carbocycles. The zero-order valence-electron chi connectivity index (χ0n) is 13.9. The van der Waals surface area contributed by atoms with Gasteiger partial charge in [0.1, 0.15) is 12.4 Å². The summed E-state index contributed by atoms with van der Waals surface area (Å²) in [4.78, 5) is 20.4. The van der Waals surface area contributed by atoms with Gasteiger partial charge >= 0.3 is 6.18 Å². The molecule has 9 heteroatoms. The number of aromatic nitrogens is 4. The molecule has 1 atom stereocenters. The number of hydrogen-bond donors (Lipinski definition) is 1. The summed E-state index contributed by atoms with van der Waals surface area (Å²) in [5.74, 6) is -0.641. The third-order valence-corrected chi connectivity index (χ3v) is 4.26. The first-order chi connectivity index (χ1) is 12.9. The molecule has 0 fully saturated rings. The zero-order valence-corrected chi connectivity index (χ0v) is 13.9. The lowest BCUT2D eigenvalue weighted by Crippen LogP contribution is -2.27. The Bertz CT molecular complexity index is 984. The average Bonchev–Trinajstić information content (AvgIpc) is 3.03. The number of benzene rings is 1. The van der Waals surface area contributed by atoms with Crippen molar-refractivity contribution >= 4 is 11.6 Å². The van der Waals surface area contributed by atoms with E-state index in [-0.39, 0.29) is 24.0 Å². The first-order valence-corrected chi connectivity index (χ1v) is 8.21. The van der Waals surface area contributed by atoms with Crippen LogP contribution in [0, 0.1) is 0 Å². The first kappa shape index (κ1) is 17.2. The van der Waals surface area contributed by atoms with Crippen LogP contribution in [0.5, 0.6) is 0 Å². The van der Waals surface area contributed by atoms with E-state index in [1.165, 1.54) is 6.20 Å². The van der Waals surface area contributed by atoms with Crippen LogP contribution in [-0.4, -0.2) is 31.8 Å². The van der Waals surface area contributed by atoms with Crippen molar-refractivity contribution in [1.29, 1.82) is 0 Å². The largest absolute Gasteiger partial charge is 0.408 e. The SMILES string of the molecule is O=C1C[C@@H](c2nc(-c3cccnc3)nn2CC(F)(F)F)c2ccccc2N1. The van der Waals surface area contributed by atoms with Crippen molar-refractivity contribution in [3.63, 3.8) is 0 Å². The molecular formula is C18H14F3N5O. The second kappa shape index (κ2) is 6.49. The third-order valence-electron chi connectivity index (χ3n) is 4.26. The molecule has 1 aliphatic heterocycles. The standard InChI is InChI=1S/C18H14F3N5O/c19-18(20,21)10-26-17(24-16(25-26)11-4-3-7-22-9-11)13-8-15(27)23-14-6-2-1-5-12(13)14/h1-7,9,13H,8,10H2,(H,23,27)/t13-/m1/s1. The van der Waals surface area contributed by atoms with E-state index in [0.29, 0.717) is 16.8 Å². The lowest BCUT2D eigenvalue weighted by Gasteiger charge is -2.25. The molecule has 0 saturated heterocycles. The molecule has 0 unspecified atom stereocenters. The number of carbonyl (C=O) groups excluding carboxylic acids is 1. The fraction of sp³-hybridized carbons (Fsp3) is 0.222. The summed E-state index contributed by atoms with van der Waals surface area (Å²) in [5.41, 5.74) is 1.79. The van der Waals surface area contributed by atoms with Crippen molar-refractivity contribution < 1.29 is 18.0 Å². The first-order valence-electron chi connectivity index (χ1n) is 8.21. The second-order valence-electron chi connectivity index (χ2n) is 6.20. The monoisotopic (exact) mass is 373 g/mol. The summed E-state index contributed by atoms with van der Waals surface area (Å²) in [7, 11) is 0. The summed E-state index contributed by atoms with van der Waals surface area (Å²) in [6.45, 7) is -1.28. The third kappa shape index (κ3) is 3.53. The second-order valence-corrected chi connectivity index (χ2v) is 6.20. The summed E-state index contributed by atoms with van der Waals surface area (Å²) in [5, 5.41) is 6.79. The highest BCUT2D eigenvalue weighted by molar-refractivity contribution is 5.95. The van der Waals surface area contributed by atoms with E-state index in [1.54, 1.807) is 42.6 Å². The molecule has 1 amide bonds. The smallest absolute Gasteiger partial charge is 0.326 e. The van der Waals surface area contributed by atoms with E-state index in [4.69, 9.17) is 0 Å². The number of halogens is 3. The minimum Gasteiger partial charge on any atom is -0.326 e. The maximum atomic E-state index is 13.1. The molecule has 3 heterocycles. The average molecular weight is 373 g/mol. The van der Waals surface area contributed by atoms with Crippen molar-refractivity contribution in [3.8, 4) is 11.4 Å². The lowest BCUT2D eigenvalue weighted by molar-refractivity contribution is -0.143. The topological polar surface area (TPSA) is 72.7 Å². The van der Waals surface area contributed by atoms with E-state index in [2.05, 4.69) is 20.4 Å². The Balaban J connectivity index is 1.84. The summed E-state index contributed by atoms with van der Waals surface area (Å²) in [6.07, 6.45) is -1.43. The molecule has 4 rings (SSSR count). The van der Waals surface area contributed by atoms with Crippen LogP contribution in [0.15, 0.2) is 48.8 Å². The number of nitrogens with zero attached hydrogens (tertiary/aromatic N) is 4. The Morgan fingerprint density at radius 2 is 2.00 bits per heavy atom. The van der Waals surface area contributed by atoms with Crippen LogP contribution in [0.4, 0.5) is 18.9 Å². The number of nitrogens with one attached hydrogen (secondary N) is 1. The van der Waals surface area contributed by atoms with E-state index >= 15 is 0 Å². The van der Waals surface area contributed by atoms with Gasteiger partial charge < -0.3 is 5.32 Å². The predicted octanol–water partition coefficient (Wildman–Crippen LogP) is 3.38.